The smallest absolute Gasteiger partial charge is 0.135 e. The molecule has 0 spiro atoms. The third-order valence-electron chi connectivity index (χ3n) is 3.19. The van der Waals surface area contributed by atoms with Gasteiger partial charge in [0.2, 0.25) is 0 Å². The Morgan fingerprint density at radius 1 is 0.857 bits per heavy atom. The van der Waals surface area contributed by atoms with Crippen LogP contribution in [-0.4, -0.2) is 12.3 Å². The fourth-order valence-corrected chi connectivity index (χ4v) is 2.87. The summed E-state index contributed by atoms with van der Waals surface area (Å²) in [7, 11) is 0. The van der Waals surface area contributed by atoms with E-state index in [0.717, 1.165) is 22.6 Å². The molecule has 0 saturated carbocycles. The Hall–Kier alpha value is -1.97. The minimum absolute atomic E-state index is 0.693. The predicted molar refractivity (Wildman–Crippen MR) is 90.2 cm³/mol. The molecule has 0 unspecified atom stereocenters. The monoisotopic (exact) mass is 295 g/mol. The molecule has 3 rings (SSSR count). The zero-order valence-electron chi connectivity index (χ0n) is 11.7. The molecule has 0 aromatic heterocycles. The summed E-state index contributed by atoms with van der Waals surface area (Å²) in [4.78, 5) is 1.21. The summed E-state index contributed by atoms with van der Waals surface area (Å²) in [5.41, 5.74) is 5.52. The summed E-state index contributed by atoms with van der Waals surface area (Å²) in [6.45, 7) is 0.693. The molecular weight excluding hydrogens is 278 g/mol. The van der Waals surface area contributed by atoms with E-state index in [1.54, 1.807) is 11.8 Å². The molecule has 3 aromatic carbocycles. The van der Waals surface area contributed by atoms with Crippen LogP contribution in [0.4, 0.5) is 0 Å². The second-order valence-electron chi connectivity index (χ2n) is 4.69. The van der Waals surface area contributed by atoms with Crippen molar-refractivity contribution in [3.05, 3.63) is 66.7 Å². The second kappa shape index (κ2) is 6.66. The van der Waals surface area contributed by atoms with Crippen LogP contribution in [0.5, 0.6) is 11.5 Å². The minimum atomic E-state index is 0.693. The van der Waals surface area contributed by atoms with E-state index in [2.05, 4.69) is 30.3 Å². The van der Waals surface area contributed by atoms with Crippen molar-refractivity contribution in [1.29, 1.82) is 0 Å². The van der Waals surface area contributed by atoms with Gasteiger partial charge in [0.15, 0.2) is 0 Å². The van der Waals surface area contributed by atoms with Crippen LogP contribution in [-0.2, 0) is 0 Å². The molecule has 0 amide bonds. The second-order valence-corrected chi connectivity index (χ2v) is 5.86. The number of thioether (sulfide) groups is 1. The highest BCUT2D eigenvalue weighted by atomic mass is 32.2. The Labute approximate surface area is 128 Å². The van der Waals surface area contributed by atoms with Crippen molar-refractivity contribution in [3.8, 4) is 11.5 Å². The van der Waals surface area contributed by atoms with Crippen LogP contribution in [0, 0.1) is 0 Å². The number of ether oxygens (including phenoxy) is 1. The number of rotatable bonds is 5. The molecule has 0 atom stereocenters. The van der Waals surface area contributed by atoms with E-state index in [1.165, 1.54) is 10.3 Å². The van der Waals surface area contributed by atoms with E-state index in [9.17, 15) is 0 Å². The maximum absolute atomic E-state index is 6.02. The van der Waals surface area contributed by atoms with Crippen molar-refractivity contribution in [2.24, 2.45) is 5.73 Å². The zero-order valence-corrected chi connectivity index (χ0v) is 12.5. The van der Waals surface area contributed by atoms with Gasteiger partial charge in [-0.1, -0.05) is 36.4 Å². The van der Waals surface area contributed by atoms with Gasteiger partial charge in [0.25, 0.3) is 0 Å². The lowest BCUT2D eigenvalue weighted by molar-refractivity contribution is 0.488. The summed E-state index contributed by atoms with van der Waals surface area (Å²) >= 11 is 1.76. The van der Waals surface area contributed by atoms with E-state index in [-0.39, 0.29) is 0 Å². The maximum Gasteiger partial charge on any atom is 0.135 e. The summed E-state index contributed by atoms with van der Waals surface area (Å²) in [6.07, 6.45) is 0. The predicted octanol–water partition coefficient (Wildman–Crippen LogP) is 4.68. The lowest BCUT2D eigenvalue weighted by Crippen LogP contribution is -2.00. The first-order valence-electron chi connectivity index (χ1n) is 6.95. The molecule has 0 aliphatic heterocycles. The third-order valence-corrected chi connectivity index (χ3v) is 4.23. The molecule has 0 aliphatic rings. The number of nitrogens with two attached hydrogens (primary N) is 1. The van der Waals surface area contributed by atoms with E-state index in [0.29, 0.717) is 6.54 Å². The van der Waals surface area contributed by atoms with Crippen molar-refractivity contribution in [2.45, 2.75) is 4.90 Å². The van der Waals surface area contributed by atoms with Gasteiger partial charge in [-0.15, -0.1) is 11.8 Å². The van der Waals surface area contributed by atoms with Crippen LogP contribution in [0.2, 0.25) is 0 Å². The first-order valence-corrected chi connectivity index (χ1v) is 7.94. The summed E-state index contributed by atoms with van der Waals surface area (Å²) in [5, 5.41) is 2.31. The summed E-state index contributed by atoms with van der Waals surface area (Å²) < 4.78 is 6.02. The quantitative estimate of drug-likeness (QED) is 0.694. The largest absolute Gasteiger partial charge is 0.457 e. The van der Waals surface area contributed by atoms with Crippen LogP contribution in [0.15, 0.2) is 71.6 Å². The van der Waals surface area contributed by atoms with Gasteiger partial charge in [0.1, 0.15) is 11.5 Å². The SMILES string of the molecule is NCCSc1ccc(Oc2cccc3ccccc23)cc1. The lowest BCUT2D eigenvalue weighted by Gasteiger charge is -2.09. The molecule has 2 N–H and O–H groups in total. The Bertz CT molecular complexity index is 719. The van der Waals surface area contributed by atoms with Gasteiger partial charge in [-0.2, -0.15) is 0 Å². The van der Waals surface area contributed by atoms with Crippen LogP contribution in [0.25, 0.3) is 10.8 Å². The molecule has 3 aromatic rings. The highest BCUT2D eigenvalue weighted by molar-refractivity contribution is 7.99. The van der Waals surface area contributed by atoms with Gasteiger partial charge in [-0.05, 0) is 35.7 Å². The molecule has 0 fully saturated rings. The molecule has 0 aliphatic carbocycles. The molecule has 3 heteroatoms. The highest BCUT2D eigenvalue weighted by Crippen LogP contribution is 2.30. The normalized spacial score (nSPS) is 10.7. The highest BCUT2D eigenvalue weighted by Gasteiger charge is 2.03. The van der Waals surface area contributed by atoms with Gasteiger partial charge >= 0.3 is 0 Å². The molecular formula is C18H17NOS. The van der Waals surface area contributed by atoms with Crippen LogP contribution in [0.3, 0.4) is 0 Å². The average molecular weight is 295 g/mol. The lowest BCUT2D eigenvalue weighted by atomic mass is 10.1. The molecule has 2 nitrogen and oxygen atoms in total. The molecule has 0 heterocycles. The van der Waals surface area contributed by atoms with Crippen molar-refractivity contribution in [1.82, 2.24) is 0 Å². The van der Waals surface area contributed by atoms with E-state index in [4.69, 9.17) is 10.5 Å². The summed E-state index contributed by atoms with van der Waals surface area (Å²) in [5.74, 6) is 2.67. The zero-order chi connectivity index (χ0) is 14.5. The maximum atomic E-state index is 6.02. The Kier molecular flexibility index (Phi) is 4.43. The number of hydrogen-bond acceptors (Lipinski definition) is 3. The van der Waals surface area contributed by atoms with Crippen molar-refractivity contribution in [3.63, 3.8) is 0 Å². The molecule has 0 radical (unpaired) electrons. The molecule has 0 saturated heterocycles. The Morgan fingerprint density at radius 3 is 2.43 bits per heavy atom. The standard InChI is InChI=1S/C18H17NOS/c19-12-13-21-16-10-8-15(9-11-16)20-18-7-3-5-14-4-1-2-6-17(14)18/h1-11H,12-13,19H2. The van der Waals surface area contributed by atoms with E-state index >= 15 is 0 Å². The Morgan fingerprint density at radius 2 is 1.62 bits per heavy atom. The van der Waals surface area contributed by atoms with E-state index in [1.807, 2.05) is 36.4 Å². The van der Waals surface area contributed by atoms with Crippen molar-refractivity contribution >= 4 is 22.5 Å². The van der Waals surface area contributed by atoms with Crippen LogP contribution < -0.4 is 10.5 Å². The minimum Gasteiger partial charge on any atom is -0.457 e. The fraction of sp³-hybridized carbons (Fsp3) is 0.111. The number of fused-ring (bicyclic) bond motifs is 1. The molecule has 106 valence electrons. The topological polar surface area (TPSA) is 35.2 Å². The number of hydrogen-bond donors (Lipinski definition) is 1. The van der Waals surface area contributed by atoms with E-state index < -0.39 is 0 Å². The first-order chi connectivity index (χ1) is 10.4. The van der Waals surface area contributed by atoms with Crippen molar-refractivity contribution in [2.75, 3.05) is 12.3 Å². The summed E-state index contributed by atoms with van der Waals surface area (Å²) in [6, 6.07) is 22.5. The third kappa shape index (κ3) is 3.38. The number of benzene rings is 3. The van der Waals surface area contributed by atoms with Crippen LogP contribution in [0.1, 0.15) is 0 Å². The molecule has 21 heavy (non-hydrogen) atoms. The van der Waals surface area contributed by atoms with Crippen molar-refractivity contribution < 1.29 is 4.74 Å². The van der Waals surface area contributed by atoms with Crippen LogP contribution >= 0.6 is 11.8 Å². The average Bonchev–Trinajstić information content (AvgIpc) is 2.55. The van der Waals surface area contributed by atoms with Gasteiger partial charge in [-0.25, -0.2) is 0 Å². The van der Waals surface area contributed by atoms with Gasteiger partial charge in [-0.3, -0.25) is 0 Å². The molecule has 0 bridgehead atoms. The fourth-order valence-electron chi connectivity index (χ4n) is 2.19. The Balaban J connectivity index is 1.82. The van der Waals surface area contributed by atoms with Gasteiger partial charge < -0.3 is 10.5 Å². The first kappa shape index (κ1) is 14.0. The van der Waals surface area contributed by atoms with Gasteiger partial charge in [0, 0.05) is 22.6 Å². The van der Waals surface area contributed by atoms with Gasteiger partial charge in [0.05, 0.1) is 0 Å².